The molecule has 2 heteroatoms. The lowest BCUT2D eigenvalue weighted by atomic mass is 10.1. The minimum absolute atomic E-state index is 0.712. The Bertz CT molecular complexity index is 415. The second-order valence-electron chi connectivity index (χ2n) is 3.38. The van der Waals surface area contributed by atoms with E-state index in [1.165, 1.54) is 16.6 Å². The van der Waals surface area contributed by atoms with E-state index in [9.17, 15) is 0 Å². The van der Waals surface area contributed by atoms with Crippen LogP contribution >= 0.6 is 0 Å². The molecule has 0 saturated heterocycles. The average Bonchev–Trinajstić information content (AvgIpc) is 2.47. The van der Waals surface area contributed by atoms with Crippen molar-refractivity contribution in [3.8, 4) is 0 Å². The number of hydrogen-bond acceptors (Lipinski definition) is 1. The number of rotatable bonds is 2. The first kappa shape index (κ1) is 8.32. The molecule has 0 spiro atoms. The second kappa shape index (κ2) is 3.23. The Morgan fingerprint density at radius 1 is 1.46 bits per heavy atom. The Labute approximate surface area is 78.0 Å². The Morgan fingerprint density at radius 2 is 2.31 bits per heavy atom. The van der Waals surface area contributed by atoms with E-state index in [0.29, 0.717) is 6.54 Å². The maximum atomic E-state index is 5.55. The van der Waals surface area contributed by atoms with Crippen LogP contribution in [0.2, 0.25) is 0 Å². The van der Waals surface area contributed by atoms with E-state index in [1.54, 1.807) is 0 Å². The van der Waals surface area contributed by atoms with Crippen molar-refractivity contribution in [1.29, 1.82) is 0 Å². The maximum absolute atomic E-state index is 5.55. The monoisotopic (exact) mass is 174 g/mol. The summed E-state index contributed by atoms with van der Waals surface area (Å²) >= 11 is 0. The third kappa shape index (κ3) is 1.45. The molecule has 0 saturated carbocycles. The van der Waals surface area contributed by atoms with Gasteiger partial charge in [0.2, 0.25) is 0 Å². The predicted molar refractivity (Wildman–Crippen MR) is 54.9 cm³/mol. The highest BCUT2D eigenvalue weighted by Crippen LogP contribution is 2.14. The van der Waals surface area contributed by atoms with Gasteiger partial charge < -0.3 is 10.1 Å². The normalized spacial score (nSPS) is 10.9. The summed E-state index contributed by atoms with van der Waals surface area (Å²) in [5, 5.41) is 0. The average molecular weight is 174 g/mol. The van der Waals surface area contributed by atoms with Crippen LogP contribution in [0.15, 0.2) is 30.6 Å². The quantitative estimate of drug-likeness (QED) is 0.738. The van der Waals surface area contributed by atoms with Gasteiger partial charge in [0, 0.05) is 17.9 Å². The van der Waals surface area contributed by atoms with Gasteiger partial charge in [0.05, 0.1) is 0 Å². The SMILES string of the molecule is Cc1cc2c(CCN)cccn2c1. The Kier molecular flexibility index (Phi) is 2.07. The number of hydrogen-bond donors (Lipinski definition) is 1. The number of aromatic nitrogens is 1. The fraction of sp³-hybridized carbons (Fsp3) is 0.273. The van der Waals surface area contributed by atoms with Crippen LogP contribution < -0.4 is 5.73 Å². The molecule has 0 bridgehead atoms. The molecule has 2 N–H and O–H groups in total. The number of nitrogens with zero attached hydrogens (tertiary/aromatic N) is 1. The van der Waals surface area contributed by atoms with Crippen LogP contribution in [0, 0.1) is 6.92 Å². The lowest BCUT2D eigenvalue weighted by Gasteiger charge is -2.01. The van der Waals surface area contributed by atoms with E-state index in [2.05, 4.69) is 41.9 Å². The summed E-state index contributed by atoms with van der Waals surface area (Å²) in [5.41, 5.74) is 9.46. The van der Waals surface area contributed by atoms with Gasteiger partial charge in [-0.25, -0.2) is 0 Å². The zero-order valence-electron chi connectivity index (χ0n) is 7.83. The van der Waals surface area contributed by atoms with E-state index in [4.69, 9.17) is 5.73 Å². The van der Waals surface area contributed by atoms with Crippen molar-refractivity contribution < 1.29 is 0 Å². The van der Waals surface area contributed by atoms with Crippen LogP contribution in [-0.4, -0.2) is 10.9 Å². The van der Waals surface area contributed by atoms with Gasteiger partial charge in [-0.1, -0.05) is 6.07 Å². The van der Waals surface area contributed by atoms with E-state index in [1.807, 2.05) is 0 Å². The van der Waals surface area contributed by atoms with Crippen molar-refractivity contribution in [2.24, 2.45) is 5.73 Å². The molecule has 0 aromatic carbocycles. The van der Waals surface area contributed by atoms with Crippen molar-refractivity contribution in [2.45, 2.75) is 13.3 Å². The molecule has 0 aliphatic carbocycles. The molecule has 0 fully saturated rings. The molecule has 0 aliphatic rings. The highest BCUT2D eigenvalue weighted by Gasteiger charge is 2.00. The molecule has 2 aromatic rings. The third-order valence-corrected chi connectivity index (χ3v) is 2.27. The van der Waals surface area contributed by atoms with Crippen LogP contribution in [0.4, 0.5) is 0 Å². The Morgan fingerprint density at radius 3 is 3.08 bits per heavy atom. The van der Waals surface area contributed by atoms with Crippen LogP contribution in [-0.2, 0) is 6.42 Å². The zero-order chi connectivity index (χ0) is 9.26. The summed E-state index contributed by atoms with van der Waals surface area (Å²) in [6.45, 7) is 2.82. The molecule has 0 radical (unpaired) electrons. The first-order valence-corrected chi connectivity index (χ1v) is 4.57. The zero-order valence-corrected chi connectivity index (χ0v) is 7.83. The van der Waals surface area contributed by atoms with E-state index in [-0.39, 0.29) is 0 Å². The summed E-state index contributed by atoms with van der Waals surface area (Å²) in [5.74, 6) is 0. The molecule has 2 rings (SSSR count). The highest BCUT2D eigenvalue weighted by atomic mass is 14.9. The minimum Gasteiger partial charge on any atom is -0.330 e. The van der Waals surface area contributed by atoms with Gasteiger partial charge >= 0.3 is 0 Å². The maximum Gasteiger partial charge on any atom is 0.0485 e. The second-order valence-corrected chi connectivity index (χ2v) is 3.38. The minimum atomic E-state index is 0.712. The van der Waals surface area contributed by atoms with Crippen LogP contribution in [0.25, 0.3) is 5.52 Å². The first-order valence-electron chi connectivity index (χ1n) is 4.57. The Hall–Kier alpha value is -1.28. The van der Waals surface area contributed by atoms with Crippen LogP contribution in [0.1, 0.15) is 11.1 Å². The summed E-state index contributed by atoms with van der Waals surface area (Å²) < 4.78 is 2.15. The standard InChI is InChI=1S/C11H14N2/c1-9-7-11-10(4-5-12)3-2-6-13(11)8-9/h2-3,6-8H,4-5,12H2,1H3. The van der Waals surface area contributed by atoms with Crippen molar-refractivity contribution in [3.63, 3.8) is 0 Å². The molecule has 0 unspecified atom stereocenters. The molecular formula is C11H14N2. The largest absolute Gasteiger partial charge is 0.330 e. The lowest BCUT2D eigenvalue weighted by Crippen LogP contribution is -2.03. The topological polar surface area (TPSA) is 30.4 Å². The molecule has 2 aromatic heterocycles. The fourth-order valence-electron chi connectivity index (χ4n) is 1.70. The van der Waals surface area contributed by atoms with Crippen molar-refractivity contribution in [3.05, 3.63) is 41.7 Å². The Balaban J connectivity index is 2.60. The summed E-state index contributed by atoms with van der Waals surface area (Å²) in [6, 6.07) is 6.41. The van der Waals surface area contributed by atoms with Gasteiger partial charge in [0.1, 0.15) is 0 Å². The molecule has 0 atom stereocenters. The van der Waals surface area contributed by atoms with Crippen LogP contribution in [0.5, 0.6) is 0 Å². The number of pyridine rings is 1. The van der Waals surface area contributed by atoms with Gasteiger partial charge in [-0.15, -0.1) is 0 Å². The molecule has 0 aliphatic heterocycles. The molecule has 13 heavy (non-hydrogen) atoms. The molecule has 0 amide bonds. The van der Waals surface area contributed by atoms with Crippen molar-refractivity contribution in [1.82, 2.24) is 4.40 Å². The van der Waals surface area contributed by atoms with Crippen molar-refractivity contribution in [2.75, 3.05) is 6.54 Å². The van der Waals surface area contributed by atoms with Gasteiger partial charge in [-0.2, -0.15) is 0 Å². The summed E-state index contributed by atoms with van der Waals surface area (Å²) in [7, 11) is 0. The van der Waals surface area contributed by atoms with E-state index < -0.39 is 0 Å². The summed E-state index contributed by atoms with van der Waals surface area (Å²) in [6.07, 6.45) is 5.16. The van der Waals surface area contributed by atoms with Gasteiger partial charge in [-0.3, -0.25) is 0 Å². The molecule has 2 heterocycles. The van der Waals surface area contributed by atoms with Gasteiger partial charge in [0.15, 0.2) is 0 Å². The smallest absolute Gasteiger partial charge is 0.0485 e. The molecule has 2 nitrogen and oxygen atoms in total. The van der Waals surface area contributed by atoms with Gasteiger partial charge in [-0.05, 0) is 43.1 Å². The number of aryl methyl sites for hydroxylation is 1. The van der Waals surface area contributed by atoms with E-state index in [0.717, 1.165) is 6.42 Å². The molecular weight excluding hydrogens is 160 g/mol. The third-order valence-electron chi connectivity index (χ3n) is 2.27. The molecule has 68 valence electrons. The van der Waals surface area contributed by atoms with Crippen LogP contribution in [0.3, 0.4) is 0 Å². The highest BCUT2D eigenvalue weighted by molar-refractivity contribution is 5.57. The fourth-order valence-corrected chi connectivity index (χ4v) is 1.70. The number of nitrogens with two attached hydrogens (primary N) is 1. The predicted octanol–water partition coefficient (Wildman–Crippen LogP) is 1.75. The number of fused-ring (bicyclic) bond motifs is 1. The first-order chi connectivity index (χ1) is 6.31. The van der Waals surface area contributed by atoms with Crippen molar-refractivity contribution >= 4 is 5.52 Å². The van der Waals surface area contributed by atoms with E-state index >= 15 is 0 Å². The lowest BCUT2D eigenvalue weighted by molar-refractivity contribution is 0.965. The van der Waals surface area contributed by atoms with Gasteiger partial charge in [0.25, 0.3) is 0 Å². The summed E-state index contributed by atoms with van der Waals surface area (Å²) in [4.78, 5) is 0.